The third kappa shape index (κ3) is 2.83. The van der Waals surface area contributed by atoms with Crippen molar-refractivity contribution in [1.82, 2.24) is 5.32 Å². The van der Waals surface area contributed by atoms with Crippen LogP contribution in [0.2, 0.25) is 0 Å². The second-order valence-corrected chi connectivity index (χ2v) is 4.26. The molecule has 0 aromatic heterocycles. The van der Waals surface area contributed by atoms with Gasteiger partial charge in [-0.15, -0.1) is 12.4 Å². The third-order valence-electron chi connectivity index (χ3n) is 3.30. The second-order valence-electron chi connectivity index (χ2n) is 4.26. The molecule has 0 aromatic carbocycles. The van der Waals surface area contributed by atoms with Gasteiger partial charge in [-0.3, -0.25) is 0 Å². The molecule has 2 aliphatic heterocycles. The summed E-state index contributed by atoms with van der Waals surface area (Å²) in [4.78, 5) is 0. The summed E-state index contributed by atoms with van der Waals surface area (Å²) in [7, 11) is 1.80. The van der Waals surface area contributed by atoms with Crippen molar-refractivity contribution in [3.63, 3.8) is 0 Å². The van der Waals surface area contributed by atoms with Gasteiger partial charge in [-0.2, -0.15) is 0 Å². The molecule has 3 heteroatoms. The van der Waals surface area contributed by atoms with Crippen molar-refractivity contribution in [1.29, 1.82) is 0 Å². The van der Waals surface area contributed by atoms with E-state index in [0.29, 0.717) is 0 Å². The van der Waals surface area contributed by atoms with E-state index in [1.54, 1.807) is 7.11 Å². The van der Waals surface area contributed by atoms with Crippen molar-refractivity contribution in [2.45, 2.75) is 44.2 Å². The Kier molecular flexibility index (Phi) is 4.50. The van der Waals surface area contributed by atoms with E-state index in [9.17, 15) is 0 Å². The molecule has 2 aliphatic rings. The number of fused-ring (bicyclic) bond motifs is 2. The fourth-order valence-electron chi connectivity index (χ4n) is 2.70. The van der Waals surface area contributed by atoms with Crippen molar-refractivity contribution < 1.29 is 4.74 Å². The molecule has 2 nitrogen and oxygen atoms in total. The highest BCUT2D eigenvalue weighted by molar-refractivity contribution is 5.85. The summed E-state index contributed by atoms with van der Waals surface area (Å²) >= 11 is 0. The van der Waals surface area contributed by atoms with Crippen molar-refractivity contribution >= 4 is 12.4 Å². The molecular formula is C10H20ClNO. The first-order valence-electron chi connectivity index (χ1n) is 5.13. The van der Waals surface area contributed by atoms with E-state index in [0.717, 1.165) is 24.6 Å². The van der Waals surface area contributed by atoms with Gasteiger partial charge in [0.1, 0.15) is 0 Å². The van der Waals surface area contributed by atoms with Crippen LogP contribution < -0.4 is 5.32 Å². The Bertz CT molecular complexity index is 142. The molecule has 78 valence electrons. The van der Waals surface area contributed by atoms with Crippen LogP contribution in [-0.4, -0.2) is 25.8 Å². The van der Waals surface area contributed by atoms with Crippen LogP contribution in [0.4, 0.5) is 0 Å². The Morgan fingerprint density at radius 2 is 1.85 bits per heavy atom. The number of hydrogen-bond acceptors (Lipinski definition) is 2. The minimum atomic E-state index is 0. The Balaban J connectivity index is 0.000000845. The molecule has 0 aliphatic carbocycles. The first kappa shape index (κ1) is 11.3. The van der Waals surface area contributed by atoms with Crippen molar-refractivity contribution in [2.75, 3.05) is 13.7 Å². The maximum Gasteiger partial charge on any atom is 0.0464 e. The Labute approximate surface area is 86.8 Å². The van der Waals surface area contributed by atoms with E-state index in [-0.39, 0.29) is 12.4 Å². The number of halogens is 1. The van der Waals surface area contributed by atoms with E-state index < -0.39 is 0 Å². The smallest absolute Gasteiger partial charge is 0.0464 e. The zero-order valence-electron chi connectivity index (χ0n) is 8.29. The van der Waals surface area contributed by atoms with Crippen LogP contribution in [-0.2, 0) is 4.74 Å². The van der Waals surface area contributed by atoms with Crippen LogP contribution in [0.25, 0.3) is 0 Å². The molecule has 0 saturated carbocycles. The van der Waals surface area contributed by atoms with Crippen LogP contribution in [0.15, 0.2) is 0 Å². The lowest BCUT2D eigenvalue weighted by molar-refractivity contribution is 0.159. The van der Waals surface area contributed by atoms with Crippen LogP contribution in [0.3, 0.4) is 0 Å². The van der Waals surface area contributed by atoms with E-state index >= 15 is 0 Å². The first-order valence-corrected chi connectivity index (χ1v) is 5.13. The van der Waals surface area contributed by atoms with Gasteiger partial charge in [0.25, 0.3) is 0 Å². The van der Waals surface area contributed by atoms with Gasteiger partial charge < -0.3 is 10.1 Å². The van der Waals surface area contributed by atoms with E-state index in [1.807, 2.05) is 0 Å². The lowest BCUT2D eigenvalue weighted by Gasteiger charge is -2.28. The molecule has 2 rings (SSSR count). The van der Waals surface area contributed by atoms with Gasteiger partial charge >= 0.3 is 0 Å². The van der Waals surface area contributed by atoms with Gasteiger partial charge in [-0.25, -0.2) is 0 Å². The molecule has 0 radical (unpaired) electrons. The lowest BCUT2D eigenvalue weighted by Crippen LogP contribution is -2.38. The van der Waals surface area contributed by atoms with Crippen molar-refractivity contribution in [3.05, 3.63) is 0 Å². The van der Waals surface area contributed by atoms with E-state index in [1.165, 1.54) is 32.1 Å². The lowest BCUT2D eigenvalue weighted by atomic mass is 9.90. The molecule has 2 heterocycles. The number of nitrogens with one attached hydrogen (secondary N) is 1. The highest BCUT2D eigenvalue weighted by Gasteiger charge is 2.32. The molecule has 0 aromatic rings. The van der Waals surface area contributed by atoms with Gasteiger partial charge in [0.2, 0.25) is 0 Å². The van der Waals surface area contributed by atoms with Gasteiger partial charge in [0.15, 0.2) is 0 Å². The molecule has 2 fully saturated rings. The number of hydrogen-bond donors (Lipinski definition) is 1. The largest absolute Gasteiger partial charge is 0.385 e. The summed E-state index contributed by atoms with van der Waals surface area (Å²) < 4.78 is 5.12. The highest BCUT2D eigenvalue weighted by Crippen LogP contribution is 2.32. The normalized spacial score (nSPS) is 37.2. The molecule has 13 heavy (non-hydrogen) atoms. The monoisotopic (exact) mass is 205 g/mol. The summed E-state index contributed by atoms with van der Waals surface area (Å²) in [6, 6.07) is 1.68. The molecule has 0 amide bonds. The number of rotatable bonds is 3. The zero-order chi connectivity index (χ0) is 8.39. The molecule has 2 saturated heterocycles. The molecule has 2 atom stereocenters. The van der Waals surface area contributed by atoms with Crippen LogP contribution >= 0.6 is 12.4 Å². The molecule has 2 bridgehead atoms. The summed E-state index contributed by atoms with van der Waals surface area (Å²) in [5, 5.41) is 3.66. The minimum Gasteiger partial charge on any atom is -0.385 e. The molecule has 2 unspecified atom stereocenters. The molecular weight excluding hydrogens is 186 g/mol. The summed E-state index contributed by atoms with van der Waals surface area (Å²) in [6.07, 6.45) is 6.87. The van der Waals surface area contributed by atoms with Crippen LogP contribution in [0.1, 0.15) is 32.1 Å². The van der Waals surface area contributed by atoms with Gasteiger partial charge in [0.05, 0.1) is 0 Å². The van der Waals surface area contributed by atoms with Gasteiger partial charge in [0, 0.05) is 25.8 Å². The zero-order valence-corrected chi connectivity index (χ0v) is 9.11. The van der Waals surface area contributed by atoms with Gasteiger partial charge in [-0.1, -0.05) is 0 Å². The van der Waals surface area contributed by atoms with Crippen LogP contribution in [0.5, 0.6) is 0 Å². The average Bonchev–Trinajstić information content (AvgIpc) is 2.42. The molecule has 0 spiro atoms. The van der Waals surface area contributed by atoms with E-state index in [4.69, 9.17) is 4.74 Å². The maximum absolute atomic E-state index is 5.12. The second kappa shape index (κ2) is 5.18. The minimum absolute atomic E-state index is 0. The Morgan fingerprint density at radius 1 is 1.23 bits per heavy atom. The maximum atomic E-state index is 5.12. The van der Waals surface area contributed by atoms with E-state index in [2.05, 4.69) is 5.32 Å². The average molecular weight is 206 g/mol. The number of ether oxygens (including phenoxy) is 1. The van der Waals surface area contributed by atoms with Crippen LogP contribution in [0, 0.1) is 5.92 Å². The SMILES string of the molecule is COCCC1CC2CCC(C1)N2.Cl. The first-order chi connectivity index (χ1) is 5.88. The Morgan fingerprint density at radius 3 is 2.38 bits per heavy atom. The number of methoxy groups -OCH3 is 1. The summed E-state index contributed by atoms with van der Waals surface area (Å²) in [5.41, 5.74) is 0. The predicted octanol–water partition coefficient (Wildman–Crippen LogP) is 1.98. The van der Waals surface area contributed by atoms with Crippen molar-refractivity contribution in [3.8, 4) is 0 Å². The highest BCUT2D eigenvalue weighted by atomic mass is 35.5. The van der Waals surface area contributed by atoms with Crippen molar-refractivity contribution in [2.24, 2.45) is 5.92 Å². The topological polar surface area (TPSA) is 21.3 Å². The predicted molar refractivity (Wildman–Crippen MR) is 56.4 cm³/mol. The summed E-state index contributed by atoms with van der Waals surface area (Å²) in [6.45, 7) is 0.949. The quantitative estimate of drug-likeness (QED) is 0.761. The summed E-state index contributed by atoms with van der Waals surface area (Å²) in [5.74, 6) is 0.934. The standard InChI is InChI=1S/C10H19NO.ClH/c1-12-5-4-8-6-9-2-3-10(7-8)11-9;/h8-11H,2-7H2,1H3;1H. The van der Waals surface area contributed by atoms with Gasteiger partial charge in [-0.05, 0) is 38.0 Å². The Hall–Kier alpha value is 0.210. The fraction of sp³-hybridized carbons (Fsp3) is 1.00. The molecule has 1 N–H and O–H groups in total. The third-order valence-corrected chi connectivity index (χ3v) is 3.30. The fourth-order valence-corrected chi connectivity index (χ4v) is 2.70. The number of piperidine rings is 1.